The first kappa shape index (κ1) is 16.1. The molecule has 1 heterocycles. The van der Waals surface area contributed by atoms with Crippen LogP contribution in [0.2, 0.25) is 0 Å². The van der Waals surface area contributed by atoms with Crippen LogP contribution in [0.4, 0.5) is 5.69 Å². The van der Waals surface area contributed by atoms with Crippen molar-refractivity contribution >= 4 is 21.6 Å². The SMILES string of the molecule is CCC(=O)N1CCc2cc(S(=O)(=O)N[C@@H]3C[C@@H]4CC[C@@H]3C4)ccc21. The molecular formula is C18H24N2O3S. The molecule has 2 saturated carbocycles. The Balaban J connectivity index is 1.55. The molecule has 3 aliphatic rings. The summed E-state index contributed by atoms with van der Waals surface area (Å²) in [5.41, 5.74) is 1.81. The van der Waals surface area contributed by atoms with Gasteiger partial charge in [0.2, 0.25) is 15.9 Å². The highest BCUT2D eigenvalue weighted by atomic mass is 32.2. The number of carbonyl (C=O) groups is 1. The molecule has 130 valence electrons. The molecule has 1 aromatic carbocycles. The zero-order chi connectivity index (χ0) is 16.9. The van der Waals surface area contributed by atoms with Crippen molar-refractivity contribution < 1.29 is 13.2 Å². The number of amides is 1. The second-order valence-corrected chi connectivity index (χ2v) is 9.06. The highest BCUT2D eigenvalue weighted by Crippen LogP contribution is 2.45. The Kier molecular flexibility index (Phi) is 3.92. The second-order valence-electron chi connectivity index (χ2n) is 7.34. The minimum Gasteiger partial charge on any atom is -0.312 e. The number of anilines is 1. The fraction of sp³-hybridized carbons (Fsp3) is 0.611. The Morgan fingerprint density at radius 1 is 1.29 bits per heavy atom. The first-order chi connectivity index (χ1) is 11.5. The maximum absolute atomic E-state index is 12.7. The number of sulfonamides is 1. The molecule has 1 N–H and O–H groups in total. The van der Waals surface area contributed by atoms with Crippen LogP contribution >= 0.6 is 0 Å². The minimum atomic E-state index is -3.48. The second kappa shape index (κ2) is 5.85. The maximum atomic E-state index is 12.7. The van der Waals surface area contributed by atoms with Gasteiger partial charge in [0.15, 0.2) is 0 Å². The summed E-state index contributed by atoms with van der Waals surface area (Å²) in [6.45, 7) is 2.49. The van der Waals surface area contributed by atoms with Crippen LogP contribution in [-0.2, 0) is 21.2 Å². The van der Waals surface area contributed by atoms with E-state index in [0.29, 0.717) is 29.7 Å². The van der Waals surface area contributed by atoms with Gasteiger partial charge in [-0.2, -0.15) is 0 Å². The third-order valence-corrected chi connectivity index (χ3v) is 7.39. The van der Waals surface area contributed by atoms with Crippen LogP contribution in [0, 0.1) is 11.8 Å². The lowest BCUT2D eigenvalue weighted by Gasteiger charge is -2.23. The van der Waals surface area contributed by atoms with Crippen molar-refractivity contribution in [1.82, 2.24) is 4.72 Å². The summed E-state index contributed by atoms with van der Waals surface area (Å²) in [4.78, 5) is 14.0. The number of carbonyl (C=O) groups excluding carboxylic acids is 1. The molecule has 2 bridgehead atoms. The van der Waals surface area contributed by atoms with Crippen LogP contribution in [0.1, 0.15) is 44.6 Å². The normalized spacial score (nSPS) is 28.4. The van der Waals surface area contributed by atoms with E-state index < -0.39 is 10.0 Å². The van der Waals surface area contributed by atoms with E-state index in [0.717, 1.165) is 30.5 Å². The summed E-state index contributed by atoms with van der Waals surface area (Å²) in [7, 11) is -3.48. The fourth-order valence-corrected chi connectivity index (χ4v) is 6.02. The third kappa shape index (κ3) is 2.65. The summed E-state index contributed by atoms with van der Waals surface area (Å²) < 4.78 is 28.4. The predicted molar refractivity (Wildman–Crippen MR) is 92.3 cm³/mol. The van der Waals surface area contributed by atoms with E-state index in [9.17, 15) is 13.2 Å². The van der Waals surface area contributed by atoms with Gasteiger partial charge in [-0.05, 0) is 61.3 Å². The summed E-state index contributed by atoms with van der Waals surface area (Å²) in [5.74, 6) is 1.30. The van der Waals surface area contributed by atoms with Gasteiger partial charge in [0, 0.05) is 24.7 Å². The molecule has 0 saturated heterocycles. The lowest BCUT2D eigenvalue weighted by atomic mass is 9.96. The summed E-state index contributed by atoms with van der Waals surface area (Å²) >= 11 is 0. The molecule has 0 unspecified atom stereocenters. The van der Waals surface area contributed by atoms with E-state index in [-0.39, 0.29) is 11.9 Å². The molecule has 2 fully saturated rings. The first-order valence-electron chi connectivity index (χ1n) is 8.93. The van der Waals surface area contributed by atoms with Gasteiger partial charge in [0.25, 0.3) is 0 Å². The Labute approximate surface area is 143 Å². The standard InChI is InChI=1S/C18H24N2O3S/c1-2-18(21)20-8-7-14-11-15(5-6-17(14)20)24(22,23)19-16-10-12-3-4-13(16)9-12/h5-6,11-13,16,19H,2-4,7-10H2,1H3/t12-,13-,16-/m1/s1. The molecule has 0 radical (unpaired) electrons. The molecule has 6 heteroatoms. The maximum Gasteiger partial charge on any atom is 0.240 e. The van der Waals surface area contributed by atoms with Gasteiger partial charge in [-0.1, -0.05) is 13.3 Å². The van der Waals surface area contributed by atoms with Gasteiger partial charge in [0.05, 0.1) is 4.90 Å². The quantitative estimate of drug-likeness (QED) is 0.909. The average Bonchev–Trinajstić information content (AvgIpc) is 3.27. The van der Waals surface area contributed by atoms with Crippen molar-refractivity contribution in [2.75, 3.05) is 11.4 Å². The molecule has 1 aromatic rings. The Hall–Kier alpha value is -1.40. The first-order valence-corrected chi connectivity index (χ1v) is 10.4. The monoisotopic (exact) mass is 348 g/mol. The number of nitrogens with zero attached hydrogens (tertiary/aromatic N) is 1. The van der Waals surface area contributed by atoms with E-state index in [1.807, 2.05) is 6.92 Å². The molecule has 0 aromatic heterocycles. The van der Waals surface area contributed by atoms with Crippen molar-refractivity contribution in [3.05, 3.63) is 23.8 Å². The zero-order valence-corrected chi connectivity index (χ0v) is 14.8. The molecule has 4 rings (SSSR count). The lowest BCUT2D eigenvalue weighted by molar-refractivity contribution is -0.118. The van der Waals surface area contributed by atoms with Gasteiger partial charge >= 0.3 is 0 Å². The molecule has 5 nitrogen and oxygen atoms in total. The summed E-state index contributed by atoms with van der Waals surface area (Å²) in [6.07, 6.45) is 5.74. The smallest absolute Gasteiger partial charge is 0.240 e. The number of rotatable bonds is 4. The average molecular weight is 348 g/mol. The highest BCUT2D eigenvalue weighted by Gasteiger charge is 2.41. The van der Waals surface area contributed by atoms with Crippen LogP contribution in [0.5, 0.6) is 0 Å². The number of benzene rings is 1. The van der Waals surface area contributed by atoms with Crippen LogP contribution in [-0.4, -0.2) is 26.9 Å². The molecule has 1 amide bonds. The predicted octanol–water partition coefficient (Wildman–Crippen LogP) is 2.45. The molecule has 24 heavy (non-hydrogen) atoms. The van der Waals surface area contributed by atoms with Gasteiger partial charge in [-0.3, -0.25) is 4.79 Å². The van der Waals surface area contributed by atoms with Gasteiger partial charge in [-0.15, -0.1) is 0 Å². The van der Waals surface area contributed by atoms with Crippen LogP contribution in [0.15, 0.2) is 23.1 Å². The Morgan fingerprint density at radius 3 is 2.79 bits per heavy atom. The number of hydrogen-bond acceptors (Lipinski definition) is 3. The topological polar surface area (TPSA) is 66.5 Å². The zero-order valence-electron chi connectivity index (χ0n) is 14.0. The van der Waals surface area contributed by atoms with E-state index in [1.54, 1.807) is 23.1 Å². The van der Waals surface area contributed by atoms with Crippen LogP contribution in [0.3, 0.4) is 0 Å². The largest absolute Gasteiger partial charge is 0.312 e. The Morgan fingerprint density at radius 2 is 2.12 bits per heavy atom. The van der Waals surface area contributed by atoms with E-state index in [4.69, 9.17) is 0 Å². The molecule has 2 aliphatic carbocycles. The minimum absolute atomic E-state index is 0.0875. The van der Waals surface area contributed by atoms with E-state index in [2.05, 4.69) is 4.72 Å². The van der Waals surface area contributed by atoms with Gasteiger partial charge in [-0.25, -0.2) is 13.1 Å². The van der Waals surface area contributed by atoms with Crippen molar-refractivity contribution in [2.45, 2.75) is 56.4 Å². The number of hydrogen-bond donors (Lipinski definition) is 1. The number of nitrogens with one attached hydrogen (secondary N) is 1. The molecule has 1 aliphatic heterocycles. The van der Waals surface area contributed by atoms with Crippen molar-refractivity contribution in [2.24, 2.45) is 11.8 Å². The summed E-state index contributed by atoms with van der Waals surface area (Å²) in [5, 5.41) is 0. The van der Waals surface area contributed by atoms with E-state index >= 15 is 0 Å². The van der Waals surface area contributed by atoms with Crippen molar-refractivity contribution in [3.63, 3.8) is 0 Å². The molecule has 0 spiro atoms. The lowest BCUT2D eigenvalue weighted by Crippen LogP contribution is -2.38. The van der Waals surface area contributed by atoms with Crippen LogP contribution in [0.25, 0.3) is 0 Å². The van der Waals surface area contributed by atoms with Crippen molar-refractivity contribution in [3.8, 4) is 0 Å². The van der Waals surface area contributed by atoms with E-state index in [1.165, 1.54) is 12.8 Å². The number of fused-ring (bicyclic) bond motifs is 3. The van der Waals surface area contributed by atoms with Crippen molar-refractivity contribution in [1.29, 1.82) is 0 Å². The Bertz CT molecular complexity index is 774. The highest BCUT2D eigenvalue weighted by molar-refractivity contribution is 7.89. The molecular weight excluding hydrogens is 324 g/mol. The van der Waals surface area contributed by atoms with Gasteiger partial charge in [0.1, 0.15) is 0 Å². The summed E-state index contributed by atoms with van der Waals surface area (Å²) in [6, 6.07) is 5.26. The fourth-order valence-electron chi connectivity index (χ4n) is 4.65. The van der Waals surface area contributed by atoms with Gasteiger partial charge < -0.3 is 4.90 Å². The third-order valence-electron chi connectivity index (χ3n) is 5.90. The molecule has 3 atom stereocenters. The van der Waals surface area contributed by atoms with Crippen LogP contribution < -0.4 is 9.62 Å².